The molecule has 0 amide bonds. The highest BCUT2D eigenvalue weighted by Gasteiger charge is 2.30. The maximum Gasteiger partial charge on any atom is 0.416 e. The summed E-state index contributed by atoms with van der Waals surface area (Å²) in [6.07, 6.45) is -2.47. The molecule has 1 aromatic carbocycles. The standard InChI is InChI=1S/C15H16F3N3O/c16-15(17,18)12-3-1-2-10(6-12)7-13-19-14-5-4-11(9-22)8-21(14)20-13/h1-3,6,11,22H,4-5,7-9H2. The second kappa shape index (κ2) is 5.72. The SMILES string of the molecule is OCC1CCc2nc(Cc3cccc(C(F)(F)F)c3)nn2C1. The monoisotopic (exact) mass is 311 g/mol. The Labute approximate surface area is 125 Å². The Morgan fingerprint density at radius 2 is 2.14 bits per heavy atom. The van der Waals surface area contributed by atoms with Crippen LogP contribution in [-0.2, 0) is 25.6 Å². The van der Waals surface area contributed by atoms with Crippen LogP contribution < -0.4 is 0 Å². The lowest BCUT2D eigenvalue weighted by molar-refractivity contribution is -0.137. The first-order valence-corrected chi connectivity index (χ1v) is 7.15. The number of aromatic nitrogens is 3. The number of fused-ring (bicyclic) bond motifs is 1. The topological polar surface area (TPSA) is 50.9 Å². The van der Waals surface area contributed by atoms with Crippen molar-refractivity contribution >= 4 is 0 Å². The van der Waals surface area contributed by atoms with E-state index in [4.69, 9.17) is 0 Å². The van der Waals surface area contributed by atoms with E-state index in [2.05, 4.69) is 10.1 Å². The van der Waals surface area contributed by atoms with Gasteiger partial charge in [0, 0.05) is 31.9 Å². The smallest absolute Gasteiger partial charge is 0.396 e. The predicted molar refractivity (Wildman–Crippen MR) is 73.2 cm³/mol. The molecule has 1 atom stereocenters. The van der Waals surface area contributed by atoms with E-state index in [0.29, 0.717) is 17.9 Å². The molecule has 3 rings (SSSR count). The number of hydrogen-bond donors (Lipinski definition) is 1. The molecule has 1 aromatic heterocycles. The lowest BCUT2D eigenvalue weighted by atomic mass is 10.0. The van der Waals surface area contributed by atoms with Crippen LogP contribution in [0.1, 0.15) is 29.2 Å². The number of alkyl halides is 3. The molecule has 2 heterocycles. The Hall–Kier alpha value is -1.89. The van der Waals surface area contributed by atoms with Crippen LogP contribution in [0.2, 0.25) is 0 Å². The van der Waals surface area contributed by atoms with Crippen molar-refractivity contribution in [3.8, 4) is 0 Å². The summed E-state index contributed by atoms with van der Waals surface area (Å²) in [6.45, 7) is 0.726. The minimum atomic E-state index is -4.34. The number of halogens is 3. The number of aliphatic hydroxyl groups is 1. The van der Waals surface area contributed by atoms with Gasteiger partial charge in [-0.25, -0.2) is 9.67 Å². The van der Waals surface area contributed by atoms with Crippen molar-refractivity contribution in [3.05, 3.63) is 47.0 Å². The largest absolute Gasteiger partial charge is 0.416 e. The van der Waals surface area contributed by atoms with Gasteiger partial charge in [-0.15, -0.1) is 0 Å². The van der Waals surface area contributed by atoms with Crippen molar-refractivity contribution in [1.29, 1.82) is 0 Å². The predicted octanol–water partition coefficient (Wildman–Crippen LogP) is 2.44. The van der Waals surface area contributed by atoms with Crippen LogP contribution in [0.15, 0.2) is 24.3 Å². The van der Waals surface area contributed by atoms with Gasteiger partial charge in [-0.1, -0.05) is 18.2 Å². The quantitative estimate of drug-likeness (QED) is 0.947. The number of rotatable bonds is 3. The molecule has 1 aliphatic rings. The van der Waals surface area contributed by atoms with E-state index < -0.39 is 11.7 Å². The van der Waals surface area contributed by atoms with Gasteiger partial charge < -0.3 is 5.11 Å². The van der Waals surface area contributed by atoms with Crippen LogP contribution in [0.25, 0.3) is 0 Å². The molecule has 0 bridgehead atoms. The van der Waals surface area contributed by atoms with Crippen LogP contribution in [0.3, 0.4) is 0 Å². The maximum absolute atomic E-state index is 12.7. The Morgan fingerprint density at radius 3 is 2.86 bits per heavy atom. The molecule has 0 radical (unpaired) electrons. The van der Waals surface area contributed by atoms with Gasteiger partial charge in [-0.05, 0) is 18.1 Å². The highest BCUT2D eigenvalue weighted by molar-refractivity contribution is 5.27. The van der Waals surface area contributed by atoms with Gasteiger partial charge in [-0.2, -0.15) is 18.3 Å². The summed E-state index contributed by atoms with van der Waals surface area (Å²) in [5.41, 5.74) is -0.120. The number of benzene rings is 1. The molecule has 0 spiro atoms. The highest BCUT2D eigenvalue weighted by Crippen LogP contribution is 2.30. The molecule has 0 fully saturated rings. The Morgan fingerprint density at radius 1 is 1.32 bits per heavy atom. The first-order valence-electron chi connectivity index (χ1n) is 7.15. The highest BCUT2D eigenvalue weighted by atomic mass is 19.4. The molecular weight excluding hydrogens is 295 g/mol. The van der Waals surface area contributed by atoms with Crippen molar-refractivity contribution in [2.75, 3.05) is 6.61 Å². The number of aryl methyl sites for hydroxylation is 1. The Kier molecular flexibility index (Phi) is 3.90. The van der Waals surface area contributed by atoms with E-state index in [0.717, 1.165) is 30.8 Å². The zero-order chi connectivity index (χ0) is 15.7. The van der Waals surface area contributed by atoms with E-state index in [1.165, 1.54) is 6.07 Å². The van der Waals surface area contributed by atoms with E-state index in [1.54, 1.807) is 10.7 Å². The third-order valence-electron chi connectivity index (χ3n) is 3.87. The summed E-state index contributed by atoms with van der Waals surface area (Å²) in [4.78, 5) is 4.40. The molecule has 118 valence electrons. The van der Waals surface area contributed by atoms with Gasteiger partial charge in [0.2, 0.25) is 0 Å². The fourth-order valence-electron chi connectivity index (χ4n) is 2.69. The molecule has 0 saturated carbocycles. The summed E-state index contributed by atoms with van der Waals surface area (Å²) >= 11 is 0. The van der Waals surface area contributed by atoms with Crippen LogP contribution in [0.4, 0.5) is 13.2 Å². The van der Waals surface area contributed by atoms with Crippen LogP contribution in [0.5, 0.6) is 0 Å². The van der Waals surface area contributed by atoms with E-state index in [9.17, 15) is 18.3 Å². The zero-order valence-corrected chi connectivity index (χ0v) is 11.8. The van der Waals surface area contributed by atoms with Gasteiger partial charge >= 0.3 is 6.18 Å². The molecule has 1 N–H and O–H groups in total. The Bertz CT molecular complexity index is 666. The lowest BCUT2D eigenvalue weighted by Crippen LogP contribution is -2.23. The summed E-state index contributed by atoms with van der Waals surface area (Å²) < 4.78 is 39.9. The van der Waals surface area contributed by atoms with Crippen LogP contribution in [0, 0.1) is 5.92 Å². The molecule has 2 aromatic rings. The fourth-order valence-corrected chi connectivity index (χ4v) is 2.69. The molecule has 22 heavy (non-hydrogen) atoms. The minimum absolute atomic E-state index is 0.113. The third-order valence-corrected chi connectivity index (χ3v) is 3.87. The fraction of sp³-hybridized carbons (Fsp3) is 0.467. The van der Waals surface area contributed by atoms with Gasteiger partial charge in [0.1, 0.15) is 5.82 Å². The second-order valence-electron chi connectivity index (χ2n) is 5.59. The van der Waals surface area contributed by atoms with Crippen molar-refractivity contribution < 1.29 is 18.3 Å². The molecule has 4 nitrogen and oxygen atoms in total. The normalized spacial score (nSPS) is 18.3. The number of nitrogens with zero attached hydrogens (tertiary/aromatic N) is 3. The number of hydrogen-bond acceptors (Lipinski definition) is 3. The van der Waals surface area contributed by atoms with E-state index in [-0.39, 0.29) is 18.9 Å². The van der Waals surface area contributed by atoms with Gasteiger partial charge in [0.05, 0.1) is 5.56 Å². The van der Waals surface area contributed by atoms with Gasteiger partial charge in [0.25, 0.3) is 0 Å². The molecule has 7 heteroatoms. The summed E-state index contributed by atoms with van der Waals surface area (Å²) in [6, 6.07) is 5.24. The second-order valence-corrected chi connectivity index (χ2v) is 5.59. The molecular formula is C15H16F3N3O. The number of aliphatic hydroxyl groups excluding tert-OH is 1. The average molecular weight is 311 g/mol. The first-order chi connectivity index (χ1) is 10.5. The van der Waals surface area contributed by atoms with Crippen LogP contribution in [-0.4, -0.2) is 26.5 Å². The van der Waals surface area contributed by atoms with Crippen molar-refractivity contribution in [2.45, 2.75) is 32.0 Å². The minimum Gasteiger partial charge on any atom is -0.396 e. The van der Waals surface area contributed by atoms with E-state index >= 15 is 0 Å². The van der Waals surface area contributed by atoms with Crippen molar-refractivity contribution in [3.63, 3.8) is 0 Å². The zero-order valence-electron chi connectivity index (χ0n) is 11.8. The molecule has 0 aliphatic carbocycles. The lowest BCUT2D eigenvalue weighted by Gasteiger charge is -2.19. The summed E-state index contributed by atoms with van der Waals surface area (Å²) in [5, 5.41) is 13.5. The van der Waals surface area contributed by atoms with E-state index in [1.807, 2.05) is 0 Å². The van der Waals surface area contributed by atoms with Gasteiger partial charge in [0.15, 0.2) is 5.82 Å². The Balaban J connectivity index is 1.79. The average Bonchev–Trinajstić information content (AvgIpc) is 2.87. The maximum atomic E-state index is 12.7. The van der Waals surface area contributed by atoms with Crippen molar-refractivity contribution in [1.82, 2.24) is 14.8 Å². The van der Waals surface area contributed by atoms with Crippen molar-refractivity contribution in [2.24, 2.45) is 5.92 Å². The third kappa shape index (κ3) is 3.14. The van der Waals surface area contributed by atoms with Gasteiger partial charge in [-0.3, -0.25) is 0 Å². The molecule has 1 aliphatic heterocycles. The summed E-state index contributed by atoms with van der Waals surface area (Å²) in [5.74, 6) is 1.54. The summed E-state index contributed by atoms with van der Waals surface area (Å²) in [7, 11) is 0. The molecule has 1 unspecified atom stereocenters. The molecule has 0 saturated heterocycles. The van der Waals surface area contributed by atoms with Crippen LogP contribution >= 0.6 is 0 Å². The first kappa shape index (κ1) is 15.0.